The van der Waals surface area contributed by atoms with Crippen LogP contribution in [0.15, 0.2) is 23.4 Å². The van der Waals surface area contributed by atoms with E-state index in [9.17, 15) is 18.7 Å². The predicted molar refractivity (Wildman–Crippen MR) is 85.5 cm³/mol. The maximum absolute atomic E-state index is 13.7. The monoisotopic (exact) mass is 340 g/mol. The van der Waals surface area contributed by atoms with Crippen molar-refractivity contribution in [3.8, 4) is 0 Å². The van der Waals surface area contributed by atoms with Crippen LogP contribution in [0.5, 0.6) is 0 Å². The number of nitrogens with zero attached hydrogens (tertiary/aromatic N) is 1. The van der Waals surface area contributed by atoms with E-state index in [-0.39, 0.29) is 29.0 Å². The quantitative estimate of drug-likeness (QED) is 0.835. The topological polar surface area (TPSA) is 70.9 Å². The number of carbonyl (C=O) groups excluding carboxylic acids is 1. The second-order valence-corrected chi connectivity index (χ2v) is 6.90. The number of benzene rings is 1. The van der Waals surface area contributed by atoms with E-state index < -0.39 is 23.8 Å². The highest BCUT2D eigenvalue weighted by molar-refractivity contribution is 6.04. The van der Waals surface area contributed by atoms with Crippen molar-refractivity contribution in [1.29, 1.82) is 0 Å². The summed E-state index contributed by atoms with van der Waals surface area (Å²) in [5.74, 6) is -1.57. The molecule has 5 nitrogen and oxygen atoms in total. The summed E-state index contributed by atoms with van der Waals surface area (Å²) in [6.07, 6.45) is -0.728. The third kappa shape index (κ3) is 4.74. The van der Waals surface area contributed by atoms with E-state index in [0.29, 0.717) is 13.0 Å². The first kappa shape index (κ1) is 18.3. The molecule has 0 bridgehead atoms. The van der Waals surface area contributed by atoms with Gasteiger partial charge in [0.15, 0.2) is 0 Å². The van der Waals surface area contributed by atoms with E-state index in [1.165, 1.54) is 0 Å². The van der Waals surface area contributed by atoms with Gasteiger partial charge in [-0.05, 0) is 37.0 Å². The van der Waals surface area contributed by atoms with Gasteiger partial charge < -0.3 is 15.3 Å². The van der Waals surface area contributed by atoms with Gasteiger partial charge in [-0.15, -0.1) is 0 Å². The number of amides is 1. The molecule has 2 N–H and O–H groups in total. The summed E-state index contributed by atoms with van der Waals surface area (Å²) in [5.41, 5.74) is -0.0732. The van der Waals surface area contributed by atoms with E-state index in [1.54, 1.807) is 6.92 Å². The average Bonchev–Trinajstić information content (AvgIpc) is 2.96. The fraction of sp³-hybridized carbons (Fsp3) is 0.529. The summed E-state index contributed by atoms with van der Waals surface area (Å²) in [5, 5.41) is 15.9. The van der Waals surface area contributed by atoms with Gasteiger partial charge in [-0.3, -0.25) is 4.79 Å². The van der Waals surface area contributed by atoms with Gasteiger partial charge in [0.2, 0.25) is 6.10 Å². The Kier molecular flexibility index (Phi) is 5.54. The number of hydrogen-bond acceptors (Lipinski definition) is 4. The number of hydrogen-bond donors (Lipinski definition) is 2. The van der Waals surface area contributed by atoms with Crippen LogP contribution in [0.2, 0.25) is 0 Å². The van der Waals surface area contributed by atoms with E-state index in [1.807, 2.05) is 13.8 Å². The first-order chi connectivity index (χ1) is 11.2. The molecule has 24 heavy (non-hydrogen) atoms. The van der Waals surface area contributed by atoms with Crippen molar-refractivity contribution < 1.29 is 23.5 Å². The van der Waals surface area contributed by atoms with Crippen molar-refractivity contribution >= 4 is 11.6 Å². The van der Waals surface area contributed by atoms with E-state index in [4.69, 9.17) is 4.84 Å². The third-order valence-electron chi connectivity index (χ3n) is 3.79. The Hall–Kier alpha value is -2.02. The molecule has 1 heterocycles. The molecule has 0 aromatic heterocycles. The molecule has 132 valence electrons. The van der Waals surface area contributed by atoms with Gasteiger partial charge in [-0.25, -0.2) is 8.78 Å². The summed E-state index contributed by atoms with van der Waals surface area (Å²) in [6.45, 7) is 5.91. The average molecular weight is 340 g/mol. The van der Waals surface area contributed by atoms with Crippen LogP contribution in [0.3, 0.4) is 0 Å². The van der Waals surface area contributed by atoms with Crippen LogP contribution in [0.25, 0.3) is 0 Å². The molecule has 1 amide bonds. The Morgan fingerprint density at radius 3 is 2.88 bits per heavy atom. The number of aliphatic hydroxyl groups excluding tert-OH is 1. The van der Waals surface area contributed by atoms with Crippen molar-refractivity contribution in [2.24, 2.45) is 10.6 Å². The number of carbonyl (C=O) groups is 1. The van der Waals surface area contributed by atoms with Crippen molar-refractivity contribution in [2.45, 2.75) is 45.8 Å². The van der Waals surface area contributed by atoms with Crippen LogP contribution in [-0.2, 0) is 9.63 Å². The highest BCUT2D eigenvalue weighted by Crippen LogP contribution is 2.23. The summed E-state index contributed by atoms with van der Waals surface area (Å²) < 4.78 is 27.0. The highest BCUT2D eigenvalue weighted by atomic mass is 19.1. The molecule has 1 aliphatic rings. The lowest BCUT2D eigenvalue weighted by Crippen LogP contribution is -2.41. The Bertz CT molecular complexity index is 645. The molecule has 2 rings (SSSR count). The van der Waals surface area contributed by atoms with Gasteiger partial charge in [0, 0.05) is 18.5 Å². The van der Waals surface area contributed by atoms with Crippen LogP contribution < -0.4 is 5.32 Å². The van der Waals surface area contributed by atoms with E-state index >= 15 is 0 Å². The molecule has 0 fully saturated rings. The lowest BCUT2D eigenvalue weighted by atomic mass is 9.87. The summed E-state index contributed by atoms with van der Waals surface area (Å²) in [6, 6.07) is 3.06. The Morgan fingerprint density at radius 1 is 1.50 bits per heavy atom. The molecular formula is C17H22F2N2O3. The van der Waals surface area contributed by atoms with Crippen molar-refractivity contribution in [3.63, 3.8) is 0 Å². The van der Waals surface area contributed by atoms with Crippen LogP contribution >= 0.6 is 0 Å². The Labute approximate surface area is 139 Å². The van der Waals surface area contributed by atoms with Gasteiger partial charge in [0.25, 0.3) is 5.91 Å². The predicted octanol–water partition coefficient (Wildman–Crippen LogP) is 2.37. The highest BCUT2D eigenvalue weighted by Gasteiger charge is 2.31. The molecule has 0 spiro atoms. The SMILES string of the molecule is CC(O)CC(C)(C)CNC(=O)C1CC(c2cc(F)ccc2F)=NO1. The molecule has 1 aliphatic heterocycles. The molecule has 0 radical (unpaired) electrons. The van der Waals surface area contributed by atoms with Crippen molar-refractivity contribution in [2.75, 3.05) is 6.54 Å². The third-order valence-corrected chi connectivity index (χ3v) is 3.79. The van der Waals surface area contributed by atoms with E-state index in [0.717, 1.165) is 18.2 Å². The summed E-state index contributed by atoms with van der Waals surface area (Å²) in [4.78, 5) is 17.2. The summed E-state index contributed by atoms with van der Waals surface area (Å²) in [7, 11) is 0. The molecule has 1 aromatic rings. The van der Waals surface area contributed by atoms with Crippen LogP contribution in [0, 0.1) is 17.0 Å². The Morgan fingerprint density at radius 2 is 2.21 bits per heavy atom. The maximum atomic E-state index is 13.7. The first-order valence-corrected chi connectivity index (χ1v) is 7.82. The number of nitrogens with one attached hydrogen (secondary N) is 1. The first-order valence-electron chi connectivity index (χ1n) is 7.82. The second kappa shape index (κ2) is 7.25. The normalized spacial score (nSPS) is 18.8. The lowest BCUT2D eigenvalue weighted by Gasteiger charge is -2.26. The molecule has 2 unspecified atom stereocenters. The zero-order valence-corrected chi connectivity index (χ0v) is 14.0. The molecular weight excluding hydrogens is 318 g/mol. The van der Waals surface area contributed by atoms with Crippen LogP contribution in [0.1, 0.15) is 39.2 Å². The van der Waals surface area contributed by atoms with Crippen LogP contribution in [-0.4, -0.2) is 35.5 Å². The minimum atomic E-state index is -0.870. The van der Waals surface area contributed by atoms with Crippen LogP contribution in [0.4, 0.5) is 8.78 Å². The minimum Gasteiger partial charge on any atom is -0.393 e. The standard InChI is InChI=1S/C17H22F2N2O3/c1-10(22)8-17(2,3)9-20-16(23)15-7-14(21-24-15)12-6-11(18)4-5-13(12)19/h4-6,10,15,22H,7-9H2,1-3H3,(H,20,23). The number of oxime groups is 1. The van der Waals surface area contributed by atoms with Gasteiger partial charge in [-0.2, -0.15) is 0 Å². The van der Waals surface area contributed by atoms with Crippen molar-refractivity contribution in [1.82, 2.24) is 5.32 Å². The maximum Gasteiger partial charge on any atom is 0.264 e. The number of aliphatic hydroxyl groups is 1. The Balaban J connectivity index is 1.92. The zero-order valence-electron chi connectivity index (χ0n) is 14.0. The van der Waals surface area contributed by atoms with Gasteiger partial charge in [-0.1, -0.05) is 19.0 Å². The van der Waals surface area contributed by atoms with Gasteiger partial charge in [0.1, 0.15) is 11.6 Å². The number of halogens is 2. The minimum absolute atomic E-state index is 0.000245. The van der Waals surface area contributed by atoms with E-state index in [2.05, 4.69) is 10.5 Å². The summed E-state index contributed by atoms with van der Waals surface area (Å²) >= 11 is 0. The molecule has 1 aromatic carbocycles. The smallest absolute Gasteiger partial charge is 0.264 e. The molecule has 0 saturated heterocycles. The molecule has 0 saturated carbocycles. The van der Waals surface area contributed by atoms with Crippen molar-refractivity contribution in [3.05, 3.63) is 35.4 Å². The lowest BCUT2D eigenvalue weighted by molar-refractivity contribution is -0.131. The molecule has 2 atom stereocenters. The fourth-order valence-corrected chi connectivity index (χ4v) is 2.71. The fourth-order valence-electron chi connectivity index (χ4n) is 2.71. The zero-order chi connectivity index (χ0) is 17.9. The molecule has 7 heteroatoms. The molecule has 0 aliphatic carbocycles. The second-order valence-electron chi connectivity index (χ2n) is 6.90. The number of rotatable bonds is 6. The largest absolute Gasteiger partial charge is 0.393 e. The van der Waals surface area contributed by atoms with Gasteiger partial charge >= 0.3 is 0 Å². The van der Waals surface area contributed by atoms with Gasteiger partial charge in [0.05, 0.1) is 11.8 Å².